The number of hydrogen-bond acceptors (Lipinski definition) is 4. The van der Waals surface area contributed by atoms with E-state index in [4.69, 9.17) is 5.73 Å². The van der Waals surface area contributed by atoms with Gasteiger partial charge in [-0.1, -0.05) is 0 Å². The molecular weight excluding hydrogens is 222 g/mol. The van der Waals surface area contributed by atoms with Crippen LogP contribution < -0.4 is 11.1 Å². The molecule has 88 valence electrons. The third-order valence-corrected chi connectivity index (χ3v) is 4.18. The van der Waals surface area contributed by atoms with Gasteiger partial charge in [0.1, 0.15) is 0 Å². The molecule has 2 unspecified atom stereocenters. The number of amides is 1. The molecule has 2 rings (SSSR count). The van der Waals surface area contributed by atoms with Crippen molar-refractivity contribution in [1.29, 1.82) is 0 Å². The number of nitrogens with two attached hydrogens (primary N) is 1. The summed E-state index contributed by atoms with van der Waals surface area (Å²) in [6.07, 6.45) is 3.06. The highest BCUT2D eigenvalue weighted by Gasteiger charge is 2.27. The molecule has 2 heterocycles. The van der Waals surface area contributed by atoms with E-state index in [1.165, 1.54) is 4.88 Å². The summed E-state index contributed by atoms with van der Waals surface area (Å²) in [6, 6.07) is -0.118. The second-order valence-electron chi connectivity index (χ2n) is 4.36. The molecule has 3 N–H and O–H groups in total. The Bertz CT molecular complexity index is 377. The lowest BCUT2D eigenvalue weighted by molar-refractivity contribution is -0.119. The van der Waals surface area contributed by atoms with Gasteiger partial charge in [0.25, 0.3) is 0 Å². The van der Waals surface area contributed by atoms with E-state index < -0.39 is 0 Å². The minimum Gasteiger partial charge on any atom is -0.368 e. The highest BCUT2D eigenvalue weighted by molar-refractivity contribution is 7.09. The van der Waals surface area contributed by atoms with E-state index in [0.29, 0.717) is 5.92 Å². The number of nitrogens with one attached hydrogen (secondary N) is 1. The molecule has 1 amide bonds. The van der Waals surface area contributed by atoms with Crippen LogP contribution >= 0.6 is 11.3 Å². The molecule has 0 aliphatic carbocycles. The molecule has 5 heteroatoms. The summed E-state index contributed by atoms with van der Waals surface area (Å²) in [6.45, 7) is 2.95. The molecular formula is C11H17N3OS. The molecule has 0 bridgehead atoms. The summed E-state index contributed by atoms with van der Waals surface area (Å²) in [4.78, 5) is 16.6. The molecule has 0 saturated carbocycles. The average molecular weight is 239 g/mol. The maximum absolute atomic E-state index is 11.0. The molecule has 2 atom stereocenters. The molecule has 1 aromatic rings. The van der Waals surface area contributed by atoms with E-state index in [0.717, 1.165) is 31.5 Å². The second-order valence-corrected chi connectivity index (χ2v) is 5.30. The molecule has 0 aromatic carbocycles. The summed E-state index contributed by atoms with van der Waals surface area (Å²) >= 11 is 1.72. The Morgan fingerprint density at radius 3 is 3.12 bits per heavy atom. The topological polar surface area (TPSA) is 68.0 Å². The van der Waals surface area contributed by atoms with Crippen molar-refractivity contribution in [2.24, 2.45) is 11.7 Å². The third kappa shape index (κ3) is 2.59. The number of rotatable bonds is 4. The number of aromatic nitrogens is 1. The zero-order chi connectivity index (χ0) is 11.5. The number of primary amides is 1. The lowest BCUT2D eigenvalue weighted by Crippen LogP contribution is -2.36. The van der Waals surface area contributed by atoms with Gasteiger partial charge in [-0.05, 0) is 38.6 Å². The Balaban J connectivity index is 1.80. The predicted octanol–water partition coefficient (Wildman–Crippen LogP) is 0.848. The fourth-order valence-corrected chi connectivity index (χ4v) is 2.94. The van der Waals surface area contributed by atoms with Crippen molar-refractivity contribution in [3.63, 3.8) is 0 Å². The summed E-state index contributed by atoms with van der Waals surface area (Å²) < 4.78 is 0. The number of hydrogen-bond donors (Lipinski definition) is 2. The third-order valence-electron chi connectivity index (χ3n) is 3.19. The average Bonchev–Trinajstić information content (AvgIpc) is 2.83. The fourth-order valence-electron chi connectivity index (χ4n) is 2.15. The van der Waals surface area contributed by atoms with Gasteiger partial charge in [0, 0.05) is 4.88 Å². The lowest BCUT2D eigenvalue weighted by atomic mass is 9.99. The van der Waals surface area contributed by atoms with Gasteiger partial charge in [0.15, 0.2) is 0 Å². The number of carbonyl (C=O) groups is 1. The smallest absolute Gasteiger partial charge is 0.234 e. The first-order valence-corrected chi connectivity index (χ1v) is 6.46. The molecule has 1 aliphatic heterocycles. The first kappa shape index (κ1) is 11.5. The van der Waals surface area contributed by atoms with Gasteiger partial charge >= 0.3 is 0 Å². The van der Waals surface area contributed by atoms with Gasteiger partial charge in [-0.2, -0.15) is 0 Å². The van der Waals surface area contributed by atoms with E-state index in [9.17, 15) is 4.79 Å². The summed E-state index contributed by atoms with van der Waals surface area (Å²) in [7, 11) is 0. The molecule has 1 aliphatic rings. The van der Waals surface area contributed by atoms with Crippen molar-refractivity contribution in [1.82, 2.24) is 10.3 Å². The largest absolute Gasteiger partial charge is 0.368 e. The van der Waals surface area contributed by atoms with Crippen LogP contribution in [0.1, 0.15) is 23.4 Å². The SMILES string of the molecule is Cc1ncsc1CCC1CNC(C(N)=O)C1. The number of carbonyl (C=O) groups excluding carboxylic acids is 1. The van der Waals surface area contributed by atoms with Crippen molar-refractivity contribution in [3.05, 3.63) is 16.1 Å². The van der Waals surface area contributed by atoms with Crippen molar-refractivity contribution in [2.75, 3.05) is 6.54 Å². The summed E-state index contributed by atoms with van der Waals surface area (Å²) in [5, 5.41) is 3.16. The van der Waals surface area contributed by atoms with Gasteiger partial charge < -0.3 is 11.1 Å². The number of thiazole rings is 1. The first-order valence-electron chi connectivity index (χ1n) is 5.58. The quantitative estimate of drug-likeness (QED) is 0.818. The minimum absolute atomic E-state index is 0.118. The van der Waals surface area contributed by atoms with Crippen LogP contribution in [-0.4, -0.2) is 23.5 Å². The first-order chi connectivity index (χ1) is 7.66. The maximum Gasteiger partial charge on any atom is 0.234 e. The van der Waals surface area contributed by atoms with Crippen molar-refractivity contribution < 1.29 is 4.79 Å². The molecule has 1 fully saturated rings. The second kappa shape index (κ2) is 4.93. The molecule has 16 heavy (non-hydrogen) atoms. The zero-order valence-electron chi connectivity index (χ0n) is 9.40. The molecule has 0 radical (unpaired) electrons. The molecule has 1 saturated heterocycles. The Labute approximate surface area is 99.3 Å². The van der Waals surface area contributed by atoms with E-state index in [2.05, 4.69) is 10.3 Å². The van der Waals surface area contributed by atoms with Crippen LogP contribution in [0, 0.1) is 12.8 Å². The van der Waals surface area contributed by atoms with E-state index in [-0.39, 0.29) is 11.9 Å². The Morgan fingerprint density at radius 1 is 1.75 bits per heavy atom. The van der Waals surface area contributed by atoms with Crippen LogP contribution in [0.25, 0.3) is 0 Å². The molecule has 1 aromatic heterocycles. The minimum atomic E-state index is -0.225. The van der Waals surface area contributed by atoms with Crippen molar-refractivity contribution in [2.45, 2.75) is 32.2 Å². The normalized spacial score (nSPS) is 24.8. The zero-order valence-corrected chi connectivity index (χ0v) is 10.2. The Kier molecular flexibility index (Phi) is 3.56. The van der Waals surface area contributed by atoms with Crippen LogP contribution in [0.15, 0.2) is 5.51 Å². The monoisotopic (exact) mass is 239 g/mol. The van der Waals surface area contributed by atoms with Crippen molar-refractivity contribution in [3.8, 4) is 0 Å². The van der Waals surface area contributed by atoms with E-state index in [1.807, 2.05) is 12.4 Å². The van der Waals surface area contributed by atoms with Gasteiger partial charge in [-0.25, -0.2) is 4.98 Å². The van der Waals surface area contributed by atoms with Gasteiger partial charge in [-0.3, -0.25) is 4.79 Å². The highest BCUT2D eigenvalue weighted by atomic mass is 32.1. The van der Waals surface area contributed by atoms with Crippen LogP contribution in [0.4, 0.5) is 0 Å². The van der Waals surface area contributed by atoms with Gasteiger partial charge in [-0.15, -0.1) is 11.3 Å². The fraction of sp³-hybridized carbons (Fsp3) is 0.636. The van der Waals surface area contributed by atoms with Crippen molar-refractivity contribution >= 4 is 17.2 Å². The predicted molar refractivity (Wildman–Crippen MR) is 64.3 cm³/mol. The van der Waals surface area contributed by atoms with Crippen LogP contribution in [0.5, 0.6) is 0 Å². The van der Waals surface area contributed by atoms with Gasteiger partial charge in [0.05, 0.1) is 17.2 Å². The Hall–Kier alpha value is -0.940. The number of aryl methyl sites for hydroxylation is 2. The number of nitrogens with zero attached hydrogens (tertiary/aromatic N) is 1. The van der Waals surface area contributed by atoms with Crippen LogP contribution in [0.2, 0.25) is 0 Å². The van der Waals surface area contributed by atoms with Crippen LogP contribution in [0.3, 0.4) is 0 Å². The molecule has 4 nitrogen and oxygen atoms in total. The van der Waals surface area contributed by atoms with E-state index >= 15 is 0 Å². The summed E-state index contributed by atoms with van der Waals surface area (Å²) in [5.41, 5.74) is 8.30. The van der Waals surface area contributed by atoms with Gasteiger partial charge in [0.2, 0.25) is 5.91 Å². The van der Waals surface area contributed by atoms with Crippen LogP contribution in [-0.2, 0) is 11.2 Å². The van der Waals surface area contributed by atoms with E-state index in [1.54, 1.807) is 11.3 Å². The lowest BCUT2D eigenvalue weighted by Gasteiger charge is -2.07. The Morgan fingerprint density at radius 2 is 2.56 bits per heavy atom. The standard InChI is InChI=1S/C11H17N3OS/c1-7-10(16-6-14-7)3-2-8-4-9(11(12)15)13-5-8/h6,8-9,13H,2-5H2,1H3,(H2,12,15). The summed E-state index contributed by atoms with van der Waals surface area (Å²) in [5.74, 6) is 0.343. The highest BCUT2D eigenvalue weighted by Crippen LogP contribution is 2.22. The molecule has 0 spiro atoms. The maximum atomic E-state index is 11.0.